The third kappa shape index (κ3) is 3.56. The molecule has 34 heavy (non-hydrogen) atoms. The summed E-state index contributed by atoms with van der Waals surface area (Å²) < 4.78 is 0. The van der Waals surface area contributed by atoms with Crippen LogP contribution in [-0.2, 0) is 20.9 Å². The second kappa shape index (κ2) is 8.23. The lowest BCUT2D eigenvalue weighted by atomic mass is 9.49. The number of amides is 3. The maximum absolute atomic E-state index is 14.4. The zero-order valence-corrected chi connectivity index (χ0v) is 19.9. The number of carbonyl (C=O) groups excluding carboxylic acids is 3. The summed E-state index contributed by atoms with van der Waals surface area (Å²) in [6.45, 7) is 0.243. The van der Waals surface area contributed by atoms with E-state index >= 15 is 0 Å². The third-order valence-electron chi connectivity index (χ3n) is 8.56. The SMILES string of the molecule is O=C1CC(N(Cc2ccccc2Cl)C(=O)C23CC4CC(CC(C4)C2)C3)C(=O)N1c1ccccc1. The number of para-hydroxylation sites is 1. The molecule has 6 heteroatoms. The van der Waals surface area contributed by atoms with Gasteiger partial charge < -0.3 is 4.90 Å². The van der Waals surface area contributed by atoms with Gasteiger partial charge in [-0.15, -0.1) is 0 Å². The van der Waals surface area contributed by atoms with Gasteiger partial charge in [-0.1, -0.05) is 48.0 Å². The van der Waals surface area contributed by atoms with Gasteiger partial charge in [0, 0.05) is 11.6 Å². The molecule has 0 radical (unpaired) electrons. The summed E-state index contributed by atoms with van der Waals surface area (Å²) in [5, 5.41) is 0.572. The summed E-state index contributed by atoms with van der Waals surface area (Å²) in [6.07, 6.45) is 6.45. The number of benzene rings is 2. The van der Waals surface area contributed by atoms with Crippen molar-refractivity contribution in [2.24, 2.45) is 23.2 Å². The second-order valence-electron chi connectivity index (χ2n) is 10.8. The Morgan fingerprint density at radius 2 is 1.50 bits per heavy atom. The molecule has 2 aromatic carbocycles. The highest BCUT2D eigenvalue weighted by Gasteiger charge is 2.57. The van der Waals surface area contributed by atoms with Crippen molar-refractivity contribution in [2.75, 3.05) is 4.90 Å². The van der Waals surface area contributed by atoms with Crippen LogP contribution in [0.15, 0.2) is 54.6 Å². The Balaban J connectivity index is 1.36. The molecule has 7 rings (SSSR count). The summed E-state index contributed by atoms with van der Waals surface area (Å²) >= 11 is 6.49. The van der Waals surface area contributed by atoms with Gasteiger partial charge in [-0.3, -0.25) is 14.4 Å². The van der Waals surface area contributed by atoms with Crippen LogP contribution < -0.4 is 4.90 Å². The number of carbonyl (C=O) groups is 3. The predicted octanol–water partition coefficient (Wildman–Crippen LogP) is 5.22. The first-order chi connectivity index (χ1) is 16.4. The number of anilines is 1. The lowest BCUT2D eigenvalue weighted by molar-refractivity contribution is -0.162. The van der Waals surface area contributed by atoms with E-state index in [-0.39, 0.29) is 30.7 Å². The number of rotatable bonds is 5. The largest absolute Gasteiger partial charge is 0.325 e. The van der Waals surface area contributed by atoms with Crippen LogP contribution in [0.3, 0.4) is 0 Å². The molecule has 0 N–H and O–H groups in total. The Kier molecular flexibility index (Phi) is 5.29. The molecule has 0 spiro atoms. The van der Waals surface area contributed by atoms with Gasteiger partial charge in [-0.05, 0) is 80.0 Å². The fourth-order valence-electron chi connectivity index (χ4n) is 7.52. The summed E-state index contributed by atoms with van der Waals surface area (Å²) in [7, 11) is 0. The molecule has 2 aromatic rings. The lowest BCUT2D eigenvalue weighted by Gasteiger charge is -2.57. The second-order valence-corrected chi connectivity index (χ2v) is 11.3. The van der Waals surface area contributed by atoms with Crippen LogP contribution in [0.4, 0.5) is 5.69 Å². The van der Waals surface area contributed by atoms with Crippen LogP contribution in [-0.4, -0.2) is 28.7 Å². The van der Waals surface area contributed by atoms with E-state index in [1.54, 1.807) is 17.0 Å². The molecule has 3 amide bonds. The first-order valence-electron chi connectivity index (χ1n) is 12.4. The molecule has 4 aliphatic carbocycles. The van der Waals surface area contributed by atoms with Gasteiger partial charge in [-0.25, -0.2) is 4.90 Å². The summed E-state index contributed by atoms with van der Waals surface area (Å²) in [5.74, 6) is 1.30. The minimum Gasteiger partial charge on any atom is -0.325 e. The van der Waals surface area contributed by atoms with Gasteiger partial charge in [0.25, 0.3) is 5.91 Å². The van der Waals surface area contributed by atoms with Crippen LogP contribution in [0, 0.1) is 23.2 Å². The number of nitrogens with zero attached hydrogens (tertiary/aromatic N) is 2. The molecular weight excluding hydrogens is 448 g/mol. The average Bonchev–Trinajstić information content (AvgIpc) is 3.11. The van der Waals surface area contributed by atoms with Crippen LogP contribution in [0.2, 0.25) is 5.02 Å². The zero-order valence-electron chi connectivity index (χ0n) is 19.2. The Morgan fingerprint density at radius 3 is 2.12 bits per heavy atom. The van der Waals surface area contributed by atoms with E-state index in [4.69, 9.17) is 11.6 Å². The minimum absolute atomic E-state index is 0.0102. The summed E-state index contributed by atoms with van der Waals surface area (Å²) in [5.41, 5.74) is 0.958. The van der Waals surface area contributed by atoms with E-state index in [0.29, 0.717) is 28.5 Å². The molecule has 1 atom stereocenters. The third-order valence-corrected chi connectivity index (χ3v) is 8.93. The van der Waals surface area contributed by atoms with E-state index in [2.05, 4.69) is 0 Å². The van der Waals surface area contributed by atoms with Crippen molar-refractivity contribution in [2.45, 2.75) is 57.5 Å². The van der Waals surface area contributed by atoms with E-state index in [1.165, 1.54) is 24.2 Å². The summed E-state index contributed by atoms with van der Waals surface area (Å²) in [6, 6.07) is 15.7. The van der Waals surface area contributed by atoms with Crippen LogP contribution >= 0.6 is 11.6 Å². The quantitative estimate of drug-likeness (QED) is 0.556. The van der Waals surface area contributed by atoms with Crippen LogP contribution in [0.1, 0.15) is 50.5 Å². The molecule has 1 saturated heterocycles. The molecular formula is C28H29ClN2O3. The minimum atomic E-state index is -0.801. The van der Waals surface area contributed by atoms with E-state index in [0.717, 1.165) is 24.8 Å². The monoisotopic (exact) mass is 476 g/mol. The molecule has 5 fully saturated rings. The van der Waals surface area contributed by atoms with E-state index in [9.17, 15) is 14.4 Å². The Hall–Kier alpha value is -2.66. The van der Waals surface area contributed by atoms with Gasteiger partial charge >= 0.3 is 0 Å². The molecule has 1 unspecified atom stereocenters. The van der Waals surface area contributed by atoms with Gasteiger partial charge in [0.15, 0.2) is 0 Å². The van der Waals surface area contributed by atoms with Gasteiger partial charge in [-0.2, -0.15) is 0 Å². The van der Waals surface area contributed by atoms with Gasteiger partial charge in [0.2, 0.25) is 11.8 Å². The standard InChI is InChI=1S/C28H29ClN2O3/c29-23-9-5-4-6-21(23)17-30(24-13-25(32)31(26(24)33)22-7-2-1-3-8-22)27(34)28-14-18-10-19(15-28)12-20(11-18)16-28/h1-9,18-20,24H,10-17H2. The van der Waals surface area contributed by atoms with Crippen LogP contribution in [0.5, 0.6) is 0 Å². The van der Waals surface area contributed by atoms with Crippen molar-refractivity contribution in [3.63, 3.8) is 0 Å². The first-order valence-corrected chi connectivity index (χ1v) is 12.8. The fraction of sp³-hybridized carbons (Fsp3) is 0.464. The highest BCUT2D eigenvalue weighted by atomic mass is 35.5. The van der Waals surface area contributed by atoms with Gasteiger partial charge in [0.1, 0.15) is 6.04 Å². The summed E-state index contributed by atoms with van der Waals surface area (Å²) in [4.78, 5) is 44.0. The molecule has 1 aliphatic heterocycles. The van der Waals surface area contributed by atoms with Crippen molar-refractivity contribution in [1.82, 2.24) is 4.90 Å². The molecule has 4 saturated carbocycles. The first kappa shape index (κ1) is 21.8. The lowest BCUT2D eigenvalue weighted by Crippen LogP contribution is -2.57. The molecule has 5 aliphatic rings. The molecule has 4 bridgehead atoms. The number of imide groups is 1. The highest BCUT2D eigenvalue weighted by Crippen LogP contribution is 2.60. The topological polar surface area (TPSA) is 57.7 Å². The van der Waals surface area contributed by atoms with Gasteiger partial charge in [0.05, 0.1) is 17.5 Å². The number of hydrogen-bond acceptors (Lipinski definition) is 3. The van der Waals surface area contributed by atoms with Crippen molar-refractivity contribution in [3.05, 3.63) is 65.2 Å². The predicted molar refractivity (Wildman–Crippen MR) is 130 cm³/mol. The molecule has 176 valence electrons. The maximum atomic E-state index is 14.4. The number of hydrogen-bond donors (Lipinski definition) is 0. The molecule has 5 nitrogen and oxygen atoms in total. The zero-order chi connectivity index (χ0) is 23.4. The van der Waals surface area contributed by atoms with E-state index in [1.807, 2.05) is 42.5 Å². The fourth-order valence-corrected chi connectivity index (χ4v) is 7.71. The average molecular weight is 477 g/mol. The smallest absolute Gasteiger partial charge is 0.257 e. The highest BCUT2D eigenvalue weighted by molar-refractivity contribution is 6.31. The Morgan fingerprint density at radius 1 is 0.912 bits per heavy atom. The number of halogens is 1. The van der Waals surface area contributed by atoms with Crippen molar-refractivity contribution in [3.8, 4) is 0 Å². The maximum Gasteiger partial charge on any atom is 0.257 e. The van der Waals surface area contributed by atoms with Crippen molar-refractivity contribution < 1.29 is 14.4 Å². The van der Waals surface area contributed by atoms with E-state index < -0.39 is 11.5 Å². The Labute approximate surface area is 205 Å². The van der Waals surface area contributed by atoms with Crippen molar-refractivity contribution in [1.29, 1.82) is 0 Å². The molecule has 0 aromatic heterocycles. The molecule has 1 heterocycles. The van der Waals surface area contributed by atoms with Crippen LogP contribution in [0.25, 0.3) is 0 Å². The van der Waals surface area contributed by atoms with Crippen molar-refractivity contribution >= 4 is 35.0 Å². The normalized spacial score (nSPS) is 31.9. The Bertz CT molecular complexity index is 1110.